The van der Waals surface area contributed by atoms with Gasteiger partial charge in [0.1, 0.15) is 0 Å². The fraction of sp³-hybridized carbons (Fsp3) is 0.875. The number of amides is 2. The van der Waals surface area contributed by atoms with Gasteiger partial charge in [-0.05, 0) is 45.1 Å². The van der Waals surface area contributed by atoms with Crippen LogP contribution >= 0.6 is 12.4 Å². The normalized spacial score (nSPS) is 28.4. The van der Waals surface area contributed by atoms with Crippen LogP contribution in [0, 0.1) is 11.8 Å². The SMILES string of the molecule is CCCC(=O)N1CCCC(C(=O)N2CC(CN)CC2C)C1.Cl. The Hall–Kier alpha value is -0.810. The predicted octanol–water partition coefficient (Wildman–Crippen LogP) is 1.64. The van der Waals surface area contributed by atoms with Gasteiger partial charge in [0.15, 0.2) is 0 Å². The fourth-order valence-corrected chi connectivity index (χ4v) is 3.63. The van der Waals surface area contributed by atoms with Crippen molar-refractivity contribution in [2.75, 3.05) is 26.2 Å². The monoisotopic (exact) mass is 331 g/mol. The van der Waals surface area contributed by atoms with E-state index >= 15 is 0 Å². The third-order valence-electron chi connectivity index (χ3n) is 4.87. The van der Waals surface area contributed by atoms with Crippen molar-refractivity contribution in [2.24, 2.45) is 17.6 Å². The van der Waals surface area contributed by atoms with E-state index in [2.05, 4.69) is 6.92 Å². The lowest BCUT2D eigenvalue weighted by molar-refractivity contribution is -0.141. The molecule has 0 aromatic rings. The number of hydrogen-bond donors (Lipinski definition) is 1. The molecule has 6 heteroatoms. The van der Waals surface area contributed by atoms with Crippen LogP contribution < -0.4 is 5.73 Å². The van der Waals surface area contributed by atoms with E-state index in [4.69, 9.17) is 5.73 Å². The maximum absolute atomic E-state index is 12.7. The summed E-state index contributed by atoms with van der Waals surface area (Å²) in [6, 6.07) is 0.285. The summed E-state index contributed by atoms with van der Waals surface area (Å²) in [6.45, 7) is 6.98. The predicted molar refractivity (Wildman–Crippen MR) is 89.8 cm³/mol. The first-order chi connectivity index (χ1) is 10.1. The number of halogens is 1. The zero-order chi connectivity index (χ0) is 15.4. The Balaban J connectivity index is 0.00000242. The first-order valence-corrected chi connectivity index (χ1v) is 8.35. The molecule has 0 radical (unpaired) electrons. The van der Waals surface area contributed by atoms with Crippen LogP contribution in [0.15, 0.2) is 0 Å². The van der Waals surface area contributed by atoms with E-state index in [0.29, 0.717) is 25.4 Å². The smallest absolute Gasteiger partial charge is 0.227 e. The van der Waals surface area contributed by atoms with Crippen LogP contribution in [-0.4, -0.2) is 53.8 Å². The molecule has 2 fully saturated rings. The molecule has 2 heterocycles. The number of nitrogens with zero attached hydrogens (tertiary/aromatic N) is 2. The van der Waals surface area contributed by atoms with Gasteiger partial charge in [0, 0.05) is 32.1 Å². The van der Waals surface area contributed by atoms with Gasteiger partial charge in [0.2, 0.25) is 11.8 Å². The molecule has 0 aromatic carbocycles. The summed E-state index contributed by atoms with van der Waals surface area (Å²) in [5.41, 5.74) is 5.74. The minimum Gasteiger partial charge on any atom is -0.342 e. The second-order valence-electron chi connectivity index (χ2n) is 6.61. The van der Waals surface area contributed by atoms with Gasteiger partial charge in [-0.3, -0.25) is 9.59 Å². The number of hydrogen-bond acceptors (Lipinski definition) is 3. The number of nitrogens with two attached hydrogens (primary N) is 1. The van der Waals surface area contributed by atoms with E-state index in [0.717, 1.165) is 38.8 Å². The van der Waals surface area contributed by atoms with Crippen LogP contribution in [0.5, 0.6) is 0 Å². The molecule has 3 atom stereocenters. The summed E-state index contributed by atoms with van der Waals surface area (Å²) in [5, 5.41) is 0. The fourth-order valence-electron chi connectivity index (χ4n) is 3.63. The maximum Gasteiger partial charge on any atom is 0.227 e. The van der Waals surface area contributed by atoms with Gasteiger partial charge in [-0.25, -0.2) is 0 Å². The standard InChI is InChI=1S/C16H29N3O2.ClH/c1-3-5-15(20)18-7-4-6-14(11-18)16(21)19-10-13(9-17)8-12(19)2;/h12-14H,3-11,17H2,1-2H3;1H. The minimum atomic E-state index is -0.0152. The number of likely N-dealkylation sites (tertiary alicyclic amines) is 2. The van der Waals surface area contributed by atoms with Crippen molar-refractivity contribution in [1.29, 1.82) is 0 Å². The Morgan fingerprint density at radius 2 is 2.00 bits per heavy atom. The second-order valence-corrected chi connectivity index (χ2v) is 6.61. The molecule has 0 bridgehead atoms. The van der Waals surface area contributed by atoms with Crippen molar-refractivity contribution >= 4 is 24.2 Å². The summed E-state index contributed by atoms with van der Waals surface area (Å²) in [6.07, 6.45) is 4.32. The van der Waals surface area contributed by atoms with Gasteiger partial charge in [0.05, 0.1) is 5.92 Å². The lowest BCUT2D eigenvalue weighted by Crippen LogP contribution is -2.47. The third-order valence-corrected chi connectivity index (χ3v) is 4.87. The topological polar surface area (TPSA) is 66.6 Å². The van der Waals surface area contributed by atoms with Crippen LogP contribution in [0.3, 0.4) is 0 Å². The Morgan fingerprint density at radius 3 is 2.59 bits per heavy atom. The molecular weight excluding hydrogens is 302 g/mol. The first kappa shape index (κ1) is 19.2. The molecule has 128 valence electrons. The zero-order valence-electron chi connectivity index (χ0n) is 13.8. The number of carbonyl (C=O) groups is 2. The Kier molecular flexibility index (Phi) is 7.63. The summed E-state index contributed by atoms with van der Waals surface area (Å²) < 4.78 is 0. The van der Waals surface area contributed by atoms with Crippen molar-refractivity contribution in [3.8, 4) is 0 Å². The molecule has 22 heavy (non-hydrogen) atoms. The quantitative estimate of drug-likeness (QED) is 0.851. The number of rotatable bonds is 4. The van der Waals surface area contributed by atoms with Crippen LogP contribution in [0.1, 0.15) is 46.0 Å². The average molecular weight is 332 g/mol. The van der Waals surface area contributed by atoms with Crippen molar-refractivity contribution in [3.63, 3.8) is 0 Å². The molecule has 3 unspecified atom stereocenters. The lowest BCUT2D eigenvalue weighted by atomic mass is 9.96. The van der Waals surface area contributed by atoms with E-state index in [9.17, 15) is 9.59 Å². The molecule has 2 amide bonds. The average Bonchev–Trinajstić information content (AvgIpc) is 2.88. The molecule has 2 aliphatic rings. The van der Waals surface area contributed by atoms with E-state index in [1.54, 1.807) is 0 Å². The van der Waals surface area contributed by atoms with Crippen LogP contribution in [0.25, 0.3) is 0 Å². The molecule has 5 nitrogen and oxygen atoms in total. The molecule has 0 aliphatic carbocycles. The highest BCUT2D eigenvalue weighted by atomic mass is 35.5. The van der Waals surface area contributed by atoms with Crippen molar-refractivity contribution in [1.82, 2.24) is 9.80 Å². The van der Waals surface area contributed by atoms with Gasteiger partial charge >= 0.3 is 0 Å². The van der Waals surface area contributed by atoms with Gasteiger partial charge < -0.3 is 15.5 Å². The van der Waals surface area contributed by atoms with Crippen molar-refractivity contribution in [3.05, 3.63) is 0 Å². The van der Waals surface area contributed by atoms with Gasteiger partial charge in [0.25, 0.3) is 0 Å². The molecule has 2 rings (SSSR count). The second kappa shape index (κ2) is 8.73. The van der Waals surface area contributed by atoms with Crippen LogP contribution in [0.2, 0.25) is 0 Å². The van der Waals surface area contributed by atoms with E-state index in [-0.39, 0.29) is 36.2 Å². The summed E-state index contributed by atoms with van der Waals surface area (Å²) >= 11 is 0. The Morgan fingerprint density at radius 1 is 1.27 bits per heavy atom. The number of piperidine rings is 1. The van der Waals surface area contributed by atoms with Gasteiger partial charge in [-0.1, -0.05) is 6.92 Å². The van der Waals surface area contributed by atoms with Gasteiger partial charge in [-0.2, -0.15) is 0 Å². The molecule has 2 N–H and O–H groups in total. The van der Waals surface area contributed by atoms with E-state index < -0.39 is 0 Å². The maximum atomic E-state index is 12.7. The lowest BCUT2D eigenvalue weighted by Gasteiger charge is -2.35. The largest absolute Gasteiger partial charge is 0.342 e. The van der Waals surface area contributed by atoms with E-state index in [1.807, 2.05) is 16.7 Å². The first-order valence-electron chi connectivity index (χ1n) is 8.35. The molecular formula is C16H30ClN3O2. The summed E-state index contributed by atoms with van der Waals surface area (Å²) in [7, 11) is 0. The molecule has 0 saturated carbocycles. The molecule has 0 aromatic heterocycles. The Bertz CT molecular complexity index is 392. The number of carbonyl (C=O) groups excluding carboxylic acids is 2. The third kappa shape index (κ3) is 4.35. The Labute approximate surface area is 140 Å². The summed E-state index contributed by atoms with van der Waals surface area (Å²) in [5.74, 6) is 0.848. The highest BCUT2D eigenvalue weighted by molar-refractivity contribution is 5.85. The van der Waals surface area contributed by atoms with Crippen molar-refractivity contribution in [2.45, 2.75) is 52.0 Å². The highest BCUT2D eigenvalue weighted by Gasteiger charge is 2.37. The summed E-state index contributed by atoms with van der Waals surface area (Å²) in [4.78, 5) is 28.7. The van der Waals surface area contributed by atoms with Crippen LogP contribution in [0.4, 0.5) is 0 Å². The minimum absolute atomic E-state index is 0. The van der Waals surface area contributed by atoms with Gasteiger partial charge in [-0.15, -0.1) is 12.4 Å². The van der Waals surface area contributed by atoms with Crippen molar-refractivity contribution < 1.29 is 9.59 Å². The zero-order valence-corrected chi connectivity index (χ0v) is 14.6. The molecule has 2 aliphatic heterocycles. The van der Waals surface area contributed by atoms with Crippen LogP contribution in [-0.2, 0) is 9.59 Å². The molecule has 0 spiro atoms. The van der Waals surface area contributed by atoms with E-state index in [1.165, 1.54) is 0 Å². The highest BCUT2D eigenvalue weighted by Crippen LogP contribution is 2.27. The molecule has 2 saturated heterocycles.